The van der Waals surface area contributed by atoms with E-state index in [1.807, 2.05) is 0 Å². The van der Waals surface area contributed by atoms with E-state index in [0.29, 0.717) is 22.5 Å². The average Bonchev–Trinajstić information content (AvgIpc) is 3.15. The molecule has 1 heterocycles. The highest BCUT2D eigenvalue weighted by molar-refractivity contribution is 7.89. The Bertz CT molecular complexity index is 1320. The molecule has 0 bridgehead atoms. The van der Waals surface area contributed by atoms with Gasteiger partial charge in [0.05, 0.1) is 16.3 Å². The zero-order valence-corrected chi connectivity index (χ0v) is 16.8. The largest absolute Gasteiger partial charge is 0.508 e. The van der Waals surface area contributed by atoms with Crippen molar-refractivity contribution in [2.24, 2.45) is 5.14 Å². The highest BCUT2D eigenvalue weighted by Crippen LogP contribution is 2.41. The number of alkyl halides is 2. The number of phenolic OH excluding ortho intramolecular Hbond substituents is 1. The number of para-hydroxylation sites is 1. The van der Waals surface area contributed by atoms with Gasteiger partial charge in [-0.15, -0.1) is 0 Å². The van der Waals surface area contributed by atoms with Crippen LogP contribution in [0.25, 0.3) is 28.1 Å². The van der Waals surface area contributed by atoms with Crippen LogP contribution < -0.4 is 5.14 Å². The number of nitrogens with zero attached hydrogens (tertiary/aromatic N) is 2. The van der Waals surface area contributed by atoms with Crippen molar-refractivity contribution in [1.29, 1.82) is 0 Å². The minimum Gasteiger partial charge on any atom is -0.508 e. The lowest BCUT2D eigenvalue weighted by Crippen LogP contribution is -2.11. The number of hydrogen-bond donors (Lipinski definition) is 2. The van der Waals surface area contributed by atoms with Crippen molar-refractivity contribution in [3.63, 3.8) is 0 Å². The van der Waals surface area contributed by atoms with Crippen molar-refractivity contribution in [3.05, 3.63) is 84.6 Å². The van der Waals surface area contributed by atoms with Crippen LogP contribution in [0.4, 0.5) is 8.78 Å². The second-order valence-corrected chi connectivity index (χ2v) is 8.33. The molecule has 31 heavy (non-hydrogen) atoms. The van der Waals surface area contributed by atoms with Crippen LogP contribution in [-0.4, -0.2) is 23.3 Å². The molecule has 0 fully saturated rings. The van der Waals surface area contributed by atoms with Gasteiger partial charge in [0.2, 0.25) is 10.0 Å². The van der Waals surface area contributed by atoms with E-state index in [1.54, 1.807) is 30.3 Å². The van der Waals surface area contributed by atoms with E-state index in [-0.39, 0.29) is 16.2 Å². The quantitative estimate of drug-likeness (QED) is 0.477. The van der Waals surface area contributed by atoms with Crippen LogP contribution >= 0.6 is 0 Å². The molecule has 0 saturated carbocycles. The van der Waals surface area contributed by atoms with Crippen LogP contribution in [0, 0.1) is 0 Å². The summed E-state index contributed by atoms with van der Waals surface area (Å²) in [5.74, 6) is -0.00291. The second-order valence-electron chi connectivity index (χ2n) is 6.77. The molecular formula is C22H17F2N3O3S. The minimum atomic E-state index is -3.91. The number of benzene rings is 3. The summed E-state index contributed by atoms with van der Waals surface area (Å²) in [6, 6.07) is 20.2. The van der Waals surface area contributed by atoms with Gasteiger partial charge in [0.15, 0.2) is 0 Å². The van der Waals surface area contributed by atoms with Gasteiger partial charge in [-0.05, 0) is 42.0 Å². The highest BCUT2D eigenvalue weighted by atomic mass is 32.2. The molecule has 0 unspecified atom stereocenters. The maximum Gasteiger partial charge on any atom is 0.282 e. The van der Waals surface area contributed by atoms with Crippen molar-refractivity contribution in [2.45, 2.75) is 11.3 Å². The first-order chi connectivity index (χ1) is 14.8. The van der Waals surface area contributed by atoms with E-state index in [0.717, 1.165) is 0 Å². The van der Waals surface area contributed by atoms with Crippen molar-refractivity contribution in [2.75, 3.05) is 0 Å². The molecule has 4 aromatic rings. The summed E-state index contributed by atoms with van der Waals surface area (Å²) in [6.45, 7) is 0. The van der Waals surface area contributed by atoms with Crippen molar-refractivity contribution in [3.8, 4) is 33.8 Å². The van der Waals surface area contributed by atoms with Gasteiger partial charge >= 0.3 is 0 Å². The summed E-state index contributed by atoms with van der Waals surface area (Å²) in [7, 11) is -3.91. The highest BCUT2D eigenvalue weighted by Gasteiger charge is 2.27. The van der Waals surface area contributed by atoms with Crippen LogP contribution in [0.15, 0.2) is 83.8 Å². The molecule has 0 aliphatic carbocycles. The number of aromatic nitrogens is 2. The number of halogens is 2. The van der Waals surface area contributed by atoms with Gasteiger partial charge in [-0.3, -0.25) is 0 Å². The summed E-state index contributed by atoms with van der Waals surface area (Å²) in [5, 5.41) is 19.0. The Labute approximate surface area is 177 Å². The van der Waals surface area contributed by atoms with E-state index in [9.17, 15) is 22.3 Å². The number of phenols is 1. The van der Waals surface area contributed by atoms with E-state index in [1.165, 1.54) is 53.2 Å². The molecule has 0 radical (unpaired) electrons. The number of primary sulfonamides is 1. The lowest BCUT2D eigenvalue weighted by Gasteiger charge is -2.11. The maximum atomic E-state index is 14.0. The van der Waals surface area contributed by atoms with E-state index in [4.69, 9.17) is 5.14 Å². The molecule has 3 N–H and O–H groups in total. The van der Waals surface area contributed by atoms with Gasteiger partial charge in [0, 0.05) is 11.1 Å². The topological polar surface area (TPSA) is 98.2 Å². The first-order valence-electron chi connectivity index (χ1n) is 9.15. The molecule has 0 aliphatic heterocycles. The van der Waals surface area contributed by atoms with Crippen LogP contribution in [0.2, 0.25) is 0 Å². The Hall–Kier alpha value is -3.56. The third-order valence-corrected chi connectivity index (χ3v) is 5.66. The molecule has 0 aliphatic rings. The molecule has 0 amide bonds. The molecule has 158 valence electrons. The fourth-order valence-corrected chi connectivity index (χ4v) is 3.84. The lowest BCUT2D eigenvalue weighted by atomic mass is 9.98. The number of hydrogen-bond acceptors (Lipinski definition) is 4. The molecule has 0 atom stereocenters. The summed E-state index contributed by atoms with van der Waals surface area (Å²) in [4.78, 5) is -0.0951. The molecule has 0 spiro atoms. The zero-order valence-electron chi connectivity index (χ0n) is 16.0. The van der Waals surface area contributed by atoms with Gasteiger partial charge in [-0.2, -0.15) is 5.10 Å². The first-order valence-corrected chi connectivity index (χ1v) is 10.7. The standard InChI is InChI=1S/C22H17F2N3O3S/c23-22(24)20-19(14-6-10-17(28)11-7-14)21(27(26-20)16-4-2-1-3-5-16)15-8-12-18(13-9-15)31(25,29)30/h1-13,22,28H,(H2,25,29,30). The lowest BCUT2D eigenvalue weighted by molar-refractivity contribution is 0.146. The number of aromatic hydroxyl groups is 1. The van der Waals surface area contributed by atoms with Crippen molar-refractivity contribution < 1.29 is 22.3 Å². The molecule has 4 rings (SSSR count). The normalized spacial score (nSPS) is 11.7. The Balaban J connectivity index is 2.04. The van der Waals surface area contributed by atoms with E-state index >= 15 is 0 Å². The van der Waals surface area contributed by atoms with Gasteiger partial charge in [0.25, 0.3) is 6.43 Å². The molecule has 3 aromatic carbocycles. The van der Waals surface area contributed by atoms with Crippen molar-refractivity contribution in [1.82, 2.24) is 9.78 Å². The van der Waals surface area contributed by atoms with Crippen LogP contribution in [0.3, 0.4) is 0 Å². The average molecular weight is 441 g/mol. The van der Waals surface area contributed by atoms with Crippen molar-refractivity contribution >= 4 is 10.0 Å². The summed E-state index contributed by atoms with van der Waals surface area (Å²) in [6.07, 6.45) is -2.86. The zero-order chi connectivity index (χ0) is 22.2. The summed E-state index contributed by atoms with van der Waals surface area (Å²) >= 11 is 0. The molecular weight excluding hydrogens is 424 g/mol. The second kappa shape index (κ2) is 7.93. The maximum absolute atomic E-state index is 14.0. The van der Waals surface area contributed by atoms with Gasteiger partial charge < -0.3 is 5.11 Å². The number of nitrogens with two attached hydrogens (primary N) is 1. The SMILES string of the molecule is NS(=O)(=O)c1ccc(-c2c(-c3ccc(O)cc3)c(C(F)F)nn2-c2ccccc2)cc1. The summed E-state index contributed by atoms with van der Waals surface area (Å²) < 4.78 is 52.7. The minimum absolute atomic E-state index is 0.00291. The predicted octanol–water partition coefficient (Wildman–Crippen LogP) is 4.50. The van der Waals surface area contributed by atoms with Crippen LogP contribution in [-0.2, 0) is 10.0 Å². The molecule has 6 nitrogen and oxygen atoms in total. The third-order valence-electron chi connectivity index (χ3n) is 4.73. The molecule has 9 heteroatoms. The van der Waals surface area contributed by atoms with Gasteiger partial charge in [-0.25, -0.2) is 27.0 Å². The fourth-order valence-electron chi connectivity index (χ4n) is 3.33. The van der Waals surface area contributed by atoms with E-state index < -0.39 is 22.1 Å². The first kappa shape index (κ1) is 20.7. The van der Waals surface area contributed by atoms with Gasteiger partial charge in [-0.1, -0.05) is 42.5 Å². The number of sulfonamides is 1. The third kappa shape index (κ3) is 4.05. The molecule has 0 saturated heterocycles. The van der Waals surface area contributed by atoms with Crippen LogP contribution in [0.1, 0.15) is 12.1 Å². The Morgan fingerprint density at radius 3 is 2.00 bits per heavy atom. The smallest absolute Gasteiger partial charge is 0.282 e. The van der Waals surface area contributed by atoms with Gasteiger partial charge in [0.1, 0.15) is 11.4 Å². The monoisotopic (exact) mass is 441 g/mol. The Morgan fingerprint density at radius 1 is 0.871 bits per heavy atom. The van der Waals surface area contributed by atoms with E-state index in [2.05, 4.69) is 5.10 Å². The number of rotatable bonds is 5. The Morgan fingerprint density at radius 2 is 1.45 bits per heavy atom. The summed E-state index contributed by atoms with van der Waals surface area (Å²) in [5.41, 5.74) is 1.56. The molecule has 1 aromatic heterocycles. The Kier molecular flexibility index (Phi) is 5.30. The van der Waals surface area contributed by atoms with Crippen LogP contribution in [0.5, 0.6) is 5.75 Å². The predicted molar refractivity (Wildman–Crippen MR) is 112 cm³/mol. The fraction of sp³-hybridized carbons (Fsp3) is 0.0455.